The lowest BCUT2D eigenvalue weighted by atomic mass is 10.1. The van der Waals surface area contributed by atoms with Crippen LogP contribution in [0, 0.1) is 0 Å². The highest BCUT2D eigenvalue weighted by Gasteiger charge is 2.09. The summed E-state index contributed by atoms with van der Waals surface area (Å²) in [5.74, 6) is -3.33. The monoisotopic (exact) mass is 410 g/mol. The molecule has 0 bridgehead atoms. The summed E-state index contributed by atoms with van der Waals surface area (Å²) in [5, 5.41) is 25.5. The number of carbonyl (C=O) groups is 4. The van der Waals surface area contributed by atoms with Crippen LogP contribution in [0.3, 0.4) is 0 Å². The zero-order valence-electron chi connectivity index (χ0n) is 15.6. The van der Waals surface area contributed by atoms with Crippen molar-refractivity contribution in [2.24, 2.45) is 10.2 Å². The molecule has 0 unspecified atom stereocenters. The standard InChI is InChI=1S/C20H18N4O6/c25-17(23-21-11-13-5-1-3-7-15(13)19(27)28)9-10-18(26)24-22-12-14-6-2-4-8-16(14)20(29)30/h1-8,11-12H,9-10H2,(H,23,25)(H,24,26)(H,27,28)(H,29,30)/b21-11-,22-12-. The van der Waals surface area contributed by atoms with Crippen molar-refractivity contribution in [3.8, 4) is 0 Å². The highest BCUT2D eigenvalue weighted by Crippen LogP contribution is 2.06. The summed E-state index contributed by atoms with van der Waals surface area (Å²) in [6, 6.07) is 12.3. The van der Waals surface area contributed by atoms with Gasteiger partial charge in [0.25, 0.3) is 0 Å². The van der Waals surface area contributed by atoms with Crippen molar-refractivity contribution in [1.82, 2.24) is 10.9 Å². The van der Waals surface area contributed by atoms with E-state index < -0.39 is 23.8 Å². The minimum Gasteiger partial charge on any atom is -0.478 e. The van der Waals surface area contributed by atoms with Crippen molar-refractivity contribution in [1.29, 1.82) is 0 Å². The van der Waals surface area contributed by atoms with Gasteiger partial charge in [-0.1, -0.05) is 36.4 Å². The first kappa shape index (κ1) is 22.0. The number of hydrazone groups is 2. The molecule has 0 atom stereocenters. The van der Waals surface area contributed by atoms with Crippen LogP contribution in [0.25, 0.3) is 0 Å². The van der Waals surface area contributed by atoms with Gasteiger partial charge in [0.1, 0.15) is 0 Å². The number of hydrogen-bond acceptors (Lipinski definition) is 6. The number of hydrogen-bond donors (Lipinski definition) is 4. The van der Waals surface area contributed by atoms with E-state index in [9.17, 15) is 19.2 Å². The Hall–Kier alpha value is -4.34. The van der Waals surface area contributed by atoms with Crippen LogP contribution in [0.15, 0.2) is 58.7 Å². The number of carboxylic acids is 2. The van der Waals surface area contributed by atoms with Gasteiger partial charge >= 0.3 is 11.9 Å². The Morgan fingerprint density at radius 1 is 0.700 bits per heavy atom. The van der Waals surface area contributed by atoms with Gasteiger partial charge in [0.15, 0.2) is 0 Å². The predicted molar refractivity (Wildman–Crippen MR) is 108 cm³/mol. The summed E-state index contributed by atoms with van der Waals surface area (Å²) >= 11 is 0. The maximum Gasteiger partial charge on any atom is 0.336 e. The Morgan fingerprint density at radius 3 is 1.43 bits per heavy atom. The van der Waals surface area contributed by atoms with E-state index in [1.165, 1.54) is 36.7 Å². The van der Waals surface area contributed by atoms with Gasteiger partial charge in [0.05, 0.1) is 23.6 Å². The number of carbonyl (C=O) groups excluding carboxylic acids is 2. The molecule has 30 heavy (non-hydrogen) atoms. The Kier molecular flexibility index (Phi) is 7.94. The highest BCUT2D eigenvalue weighted by molar-refractivity contribution is 5.99. The molecule has 154 valence electrons. The lowest BCUT2D eigenvalue weighted by molar-refractivity contribution is -0.126. The smallest absolute Gasteiger partial charge is 0.336 e. The first-order valence-electron chi connectivity index (χ1n) is 8.67. The van der Waals surface area contributed by atoms with Crippen molar-refractivity contribution in [2.75, 3.05) is 0 Å². The second kappa shape index (κ2) is 10.9. The minimum absolute atomic E-state index is 0.0391. The molecule has 0 aliphatic heterocycles. The van der Waals surface area contributed by atoms with Crippen LogP contribution >= 0.6 is 0 Å². The molecule has 10 nitrogen and oxygen atoms in total. The summed E-state index contributed by atoms with van der Waals surface area (Å²) < 4.78 is 0. The van der Waals surface area contributed by atoms with Crippen molar-refractivity contribution in [3.05, 3.63) is 70.8 Å². The molecule has 0 aliphatic rings. The molecule has 2 aromatic rings. The third kappa shape index (κ3) is 6.68. The summed E-state index contributed by atoms with van der Waals surface area (Å²) in [7, 11) is 0. The lowest BCUT2D eigenvalue weighted by Crippen LogP contribution is -2.23. The van der Waals surface area contributed by atoms with Gasteiger partial charge in [-0.25, -0.2) is 20.4 Å². The number of aromatic carboxylic acids is 2. The van der Waals surface area contributed by atoms with E-state index in [1.54, 1.807) is 24.3 Å². The van der Waals surface area contributed by atoms with E-state index in [4.69, 9.17) is 10.2 Å². The van der Waals surface area contributed by atoms with Crippen LogP contribution in [0.4, 0.5) is 0 Å². The molecule has 0 aromatic heterocycles. The van der Waals surface area contributed by atoms with Gasteiger partial charge in [-0.3, -0.25) is 9.59 Å². The molecule has 10 heteroatoms. The van der Waals surface area contributed by atoms with Crippen LogP contribution in [0.5, 0.6) is 0 Å². The number of nitrogens with one attached hydrogen (secondary N) is 2. The highest BCUT2D eigenvalue weighted by atomic mass is 16.4. The minimum atomic E-state index is -1.12. The fraction of sp³-hybridized carbons (Fsp3) is 0.100. The SMILES string of the molecule is O=C(CCC(=O)N/N=C\c1ccccc1C(=O)O)N/N=C\c1ccccc1C(=O)O. The molecule has 2 aromatic carbocycles. The van der Waals surface area contributed by atoms with E-state index in [1.807, 2.05) is 0 Å². The zero-order valence-corrected chi connectivity index (χ0v) is 15.6. The average Bonchev–Trinajstić information content (AvgIpc) is 2.72. The van der Waals surface area contributed by atoms with Crippen molar-refractivity contribution in [3.63, 3.8) is 0 Å². The quantitative estimate of drug-likeness (QED) is 0.362. The first-order chi connectivity index (χ1) is 14.4. The third-order valence-electron chi connectivity index (χ3n) is 3.75. The maximum absolute atomic E-state index is 11.7. The third-order valence-corrected chi connectivity index (χ3v) is 3.75. The predicted octanol–water partition coefficient (Wildman–Crippen LogP) is 1.46. The fourth-order valence-corrected chi connectivity index (χ4v) is 2.30. The summed E-state index contributed by atoms with van der Waals surface area (Å²) in [6.45, 7) is 0. The van der Waals surface area contributed by atoms with Gasteiger partial charge in [-0.15, -0.1) is 0 Å². The molecule has 2 rings (SSSR count). The van der Waals surface area contributed by atoms with Gasteiger partial charge in [0, 0.05) is 24.0 Å². The van der Waals surface area contributed by atoms with E-state index >= 15 is 0 Å². The molecule has 0 spiro atoms. The van der Waals surface area contributed by atoms with Crippen LogP contribution in [0.2, 0.25) is 0 Å². The molecular weight excluding hydrogens is 392 g/mol. The van der Waals surface area contributed by atoms with Crippen LogP contribution < -0.4 is 10.9 Å². The number of amides is 2. The fourth-order valence-electron chi connectivity index (χ4n) is 2.30. The molecule has 0 aliphatic carbocycles. The molecule has 0 saturated heterocycles. The van der Waals surface area contributed by atoms with Crippen molar-refractivity contribution < 1.29 is 29.4 Å². The topological polar surface area (TPSA) is 158 Å². The maximum atomic E-state index is 11.7. The molecule has 0 saturated carbocycles. The number of benzene rings is 2. The second-order valence-electron chi connectivity index (χ2n) is 5.87. The lowest BCUT2D eigenvalue weighted by Gasteiger charge is -2.02. The molecule has 0 radical (unpaired) electrons. The second-order valence-corrected chi connectivity index (χ2v) is 5.87. The van der Waals surface area contributed by atoms with E-state index in [0.29, 0.717) is 11.1 Å². The Morgan fingerprint density at radius 2 is 1.07 bits per heavy atom. The first-order valence-corrected chi connectivity index (χ1v) is 8.67. The number of rotatable bonds is 9. The van der Waals surface area contributed by atoms with Crippen LogP contribution in [-0.4, -0.2) is 46.4 Å². The molecule has 2 amide bonds. The van der Waals surface area contributed by atoms with E-state index in [2.05, 4.69) is 21.1 Å². The van der Waals surface area contributed by atoms with Gasteiger partial charge in [-0.2, -0.15) is 10.2 Å². The van der Waals surface area contributed by atoms with Crippen molar-refractivity contribution in [2.45, 2.75) is 12.8 Å². The average molecular weight is 410 g/mol. The van der Waals surface area contributed by atoms with E-state index in [-0.39, 0.29) is 24.0 Å². The summed E-state index contributed by atoms with van der Waals surface area (Å²) in [4.78, 5) is 45.7. The number of nitrogens with zero attached hydrogens (tertiary/aromatic N) is 2. The molecular formula is C20H18N4O6. The number of carboxylic acid groups (broad SMARTS) is 2. The Bertz CT molecular complexity index is 934. The largest absolute Gasteiger partial charge is 0.478 e. The van der Waals surface area contributed by atoms with Gasteiger partial charge in [-0.05, 0) is 12.1 Å². The van der Waals surface area contributed by atoms with Crippen molar-refractivity contribution >= 4 is 36.2 Å². The Balaban J connectivity index is 1.79. The van der Waals surface area contributed by atoms with E-state index in [0.717, 1.165) is 0 Å². The molecule has 0 heterocycles. The van der Waals surface area contributed by atoms with Gasteiger partial charge < -0.3 is 10.2 Å². The van der Waals surface area contributed by atoms with Gasteiger partial charge in [0.2, 0.25) is 11.8 Å². The molecule has 4 N–H and O–H groups in total. The summed E-state index contributed by atoms with van der Waals surface area (Å²) in [6.07, 6.45) is 2.05. The summed E-state index contributed by atoms with van der Waals surface area (Å²) in [5.41, 5.74) is 5.13. The Labute approximate surface area is 170 Å². The zero-order chi connectivity index (χ0) is 21.9. The van der Waals surface area contributed by atoms with Crippen LogP contribution in [0.1, 0.15) is 44.7 Å². The normalized spacial score (nSPS) is 10.8. The van der Waals surface area contributed by atoms with Crippen LogP contribution in [-0.2, 0) is 9.59 Å². The molecule has 0 fully saturated rings.